The maximum Gasteiger partial charge on any atom is 0.122 e. The van der Waals surface area contributed by atoms with Crippen molar-refractivity contribution in [3.05, 3.63) is 11.8 Å². The lowest BCUT2D eigenvalue weighted by molar-refractivity contribution is 0.173. The third-order valence-corrected chi connectivity index (χ3v) is 4.01. The summed E-state index contributed by atoms with van der Waals surface area (Å²) in [5, 5.41) is 11.6. The van der Waals surface area contributed by atoms with Crippen LogP contribution in [0.4, 0.5) is 0 Å². The smallest absolute Gasteiger partial charge is 0.122 e. The van der Waals surface area contributed by atoms with Gasteiger partial charge in [-0.25, -0.2) is 0 Å². The minimum absolute atomic E-state index is 0.276. The van der Waals surface area contributed by atoms with Crippen molar-refractivity contribution in [2.45, 2.75) is 32.2 Å². The molecule has 1 atom stereocenters. The molecule has 1 rings (SSSR count). The van der Waals surface area contributed by atoms with Crippen LogP contribution < -0.4 is 5.32 Å². The number of amidine groups is 1. The molecule has 5 nitrogen and oxygen atoms in total. The molecule has 0 amide bonds. The minimum atomic E-state index is 0.276. The molecular formula is C15H28N4O. The van der Waals surface area contributed by atoms with Crippen molar-refractivity contribution in [2.24, 2.45) is 10.9 Å². The van der Waals surface area contributed by atoms with E-state index in [4.69, 9.17) is 10.1 Å². The summed E-state index contributed by atoms with van der Waals surface area (Å²) in [4.78, 5) is 6.11. The van der Waals surface area contributed by atoms with Gasteiger partial charge in [0.05, 0.1) is 0 Å². The lowest BCUT2D eigenvalue weighted by Crippen LogP contribution is -2.35. The number of hydrogen-bond donors (Lipinski definition) is 2. The quantitative estimate of drug-likeness (QED) is 0.553. The Bertz CT molecular complexity index is 348. The Hall–Kier alpha value is -1.20. The van der Waals surface area contributed by atoms with E-state index in [0.29, 0.717) is 18.4 Å². The van der Waals surface area contributed by atoms with Gasteiger partial charge in [-0.3, -0.25) is 10.4 Å². The van der Waals surface area contributed by atoms with Crippen LogP contribution >= 0.6 is 0 Å². The van der Waals surface area contributed by atoms with Crippen LogP contribution in [-0.4, -0.2) is 57.3 Å². The van der Waals surface area contributed by atoms with Crippen LogP contribution in [0.15, 0.2) is 16.8 Å². The Morgan fingerprint density at radius 3 is 2.75 bits per heavy atom. The van der Waals surface area contributed by atoms with Crippen molar-refractivity contribution in [3.63, 3.8) is 0 Å². The van der Waals surface area contributed by atoms with E-state index in [9.17, 15) is 0 Å². The second kappa shape index (κ2) is 8.87. The normalized spacial score (nSPS) is 18.6. The van der Waals surface area contributed by atoms with Crippen molar-refractivity contribution in [3.8, 4) is 0 Å². The average molecular weight is 280 g/mol. The molecule has 5 heteroatoms. The first-order valence-electron chi connectivity index (χ1n) is 7.29. The highest BCUT2D eigenvalue weighted by molar-refractivity contribution is 5.91. The molecule has 1 heterocycles. The molecule has 2 N–H and O–H groups in total. The second-order valence-corrected chi connectivity index (χ2v) is 5.38. The van der Waals surface area contributed by atoms with E-state index in [2.05, 4.69) is 24.0 Å². The fourth-order valence-corrected chi connectivity index (χ4v) is 2.37. The summed E-state index contributed by atoms with van der Waals surface area (Å²) >= 11 is 0. The molecule has 1 aliphatic heterocycles. The zero-order valence-corrected chi connectivity index (χ0v) is 13.0. The highest BCUT2D eigenvalue weighted by Crippen LogP contribution is 2.22. The molecule has 1 saturated heterocycles. The van der Waals surface area contributed by atoms with Gasteiger partial charge >= 0.3 is 0 Å². The summed E-state index contributed by atoms with van der Waals surface area (Å²) in [6, 6.07) is 0.276. The van der Waals surface area contributed by atoms with E-state index < -0.39 is 0 Å². The number of ether oxygens (including phenoxy) is 1. The zero-order chi connectivity index (χ0) is 15.0. The molecule has 0 aromatic heterocycles. The minimum Gasteiger partial charge on any atom is -0.385 e. The zero-order valence-electron chi connectivity index (χ0n) is 13.0. The first-order chi connectivity index (χ1) is 9.60. The van der Waals surface area contributed by atoms with Gasteiger partial charge in [-0.2, -0.15) is 0 Å². The second-order valence-electron chi connectivity index (χ2n) is 5.38. The molecule has 0 aromatic carbocycles. The summed E-state index contributed by atoms with van der Waals surface area (Å²) in [7, 11) is 3.65. The van der Waals surface area contributed by atoms with Crippen LogP contribution in [0.5, 0.6) is 0 Å². The molecule has 0 bridgehead atoms. The number of piperidine rings is 1. The summed E-state index contributed by atoms with van der Waals surface area (Å²) in [6.45, 7) is 8.52. The monoisotopic (exact) mass is 280 g/mol. The number of aliphatic imine (C=N–C) groups is 1. The standard InChI is InChI=1S/C15H28N4O/c1-12(7-10-20-4)19(3)15(16)11-14(17-2)13-5-8-18-9-6-13/h11-13,16,18H,2,5-10H2,1,3-4H3/b14-11-,16-15?. The fraction of sp³-hybridized carbons (Fsp3) is 0.733. The van der Waals surface area contributed by atoms with Gasteiger partial charge in [0, 0.05) is 44.5 Å². The molecule has 0 radical (unpaired) electrons. The van der Waals surface area contributed by atoms with Gasteiger partial charge < -0.3 is 15.0 Å². The first-order valence-corrected chi connectivity index (χ1v) is 7.29. The number of nitrogens with one attached hydrogen (secondary N) is 2. The van der Waals surface area contributed by atoms with Gasteiger partial charge in [-0.15, -0.1) is 0 Å². The Kier molecular flexibility index (Phi) is 7.47. The van der Waals surface area contributed by atoms with E-state index in [0.717, 1.165) is 38.0 Å². The van der Waals surface area contributed by atoms with Crippen LogP contribution in [-0.2, 0) is 4.74 Å². The SMILES string of the molecule is C=N/C(=C\C(=N)N(C)C(C)CCOC)C1CCNCC1. The Labute approximate surface area is 122 Å². The summed E-state index contributed by atoms with van der Waals surface area (Å²) in [6.07, 6.45) is 4.92. The maximum absolute atomic E-state index is 8.22. The molecule has 0 spiro atoms. The van der Waals surface area contributed by atoms with E-state index in [1.165, 1.54) is 0 Å². The highest BCUT2D eigenvalue weighted by atomic mass is 16.5. The number of rotatable bonds is 7. The van der Waals surface area contributed by atoms with Gasteiger partial charge in [0.15, 0.2) is 0 Å². The molecular weight excluding hydrogens is 252 g/mol. The predicted molar refractivity (Wildman–Crippen MR) is 84.7 cm³/mol. The molecule has 20 heavy (non-hydrogen) atoms. The van der Waals surface area contributed by atoms with Gasteiger partial charge in [-0.05, 0) is 46.0 Å². The molecule has 1 aliphatic rings. The van der Waals surface area contributed by atoms with Crippen LogP contribution in [0, 0.1) is 11.3 Å². The summed E-state index contributed by atoms with van der Waals surface area (Å²) in [5.74, 6) is 0.923. The van der Waals surface area contributed by atoms with Crippen LogP contribution in [0.2, 0.25) is 0 Å². The Morgan fingerprint density at radius 1 is 1.55 bits per heavy atom. The van der Waals surface area contributed by atoms with E-state index >= 15 is 0 Å². The number of methoxy groups -OCH3 is 1. The Morgan fingerprint density at radius 2 is 2.20 bits per heavy atom. The predicted octanol–water partition coefficient (Wildman–Crippen LogP) is 1.90. The summed E-state index contributed by atoms with van der Waals surface area (Å²) < 4.78 is 5.09. The lowest BCUT2D eigenvalue weighted by atomic mass is 9.94. The van der Waals surface area contributed by atoms with Crippen molar-refractivity contribution < 1.29 is 4.74 Å². The van der Waals surface area contributed by atoms with Crippen molar-refractivity contribution >= 4 is 12.6 Å². The lowest BCUT2D eigenvalue weighted by Gasteiger charge is -2.27. The maximum atomic E-state index is 8.22. The van der Waals surface area contributed by atoms with Crippen LogP contribution in [0.3, 0.4) is 0 Å². The van der Waals surface area contributed by atoms with E-state index in [-0.39, 0.29) is 6.04 Å². The molecule has 1 unspecified atom stereocenters. The third-order valence-electron chi connectivity index (χ3n) is 4.01. The van der Waals surface area contributed by atoms with Crippen molar-refractivity contribution in [2.75, 3.05) is 33.9 Å². The van der Waals surface area contributed by atoms with Gasteiger partial charge in [0.25, 0.3) is 0 Å². The highest BCUT2D eigenvalue weighted by Gasteiger charge is 2.18. The first kappa shape index (κ1) is 16.9. The van der Waals surface area contributed by atoms with Gasteiger partial charge in [0.2, 0.25) is 0 Å². The van der Waals surface area contributed by atoms with Gasteiger partial charge in [-0.1, -0.05) is 0 Å². The number of likely N-dealkylation sites (N-methyl/N-ethyl adjacent to an activating group) is 1. The summed E-state index contributed by atoms with van der Waals surface area (Å²) in [5.41, 5.74) is 0.947. The number of nitrogens with zero attached hydrogens (tertiary/aromatic N) is 2. The number of allylic oxidation sites excluding steroid dienone is 1. The van der Waals surface area contributed by atoms with Crippen LogP contribution in [0.25, 0.3) is 0 Å². The molecule has 0 aliphatic carbocycles. The molecule has 1 fully saturated rings. The largest absolute Gasteiger partial charge is 0.385 e. The van der Waals surface area contributed by atoms with Gasteiger partial charge in [0.1, 0.15) is 5.84 Å². The molecule has 0 aromatic rings. The molecule has 114 valence electrons. The van der Waals surface area contributed by atoms with E-state index in [1.807, 2.05) is 18.0 Å². The molecule has 0 saturated carbocycles. The van der Waals surface area contributed by atoms with Crippen LogP contribution in [0.1, 0.15) is 26.2 Å². The van der Waals surface area contributed by atoms with Crippen molar-refractivity contribution in [1.29, 1.82) is 5.41 Å². The third kappa shape index (κ3) is 5.06. The Balaban J connectivity index is 2.63. The van der Waals surface area contributed by atoms with E-state index in [1.54, 1.807) is 7.11 Å². The average Bonchev–Trinajstić information content (AvgIpc) is 2.49. The van der Waals surface area contributed by atoms with Crippen molar-refractivity contribution in [1.82, 2.24) is 10.2 Å². The topological polar surface area (TPSA) is 60.7 Å². The number of hydrogen-bond acceptors (Lipinski definition) is 4. The fourth-order valence-electron chi connectivity index (χ4n) is 2.37.